The molecule has 0 aliphatic rings. The molecule has 0 bridgehead atoms. The maximum atomic E-state index is 10.6. The highest BCUT2D eigenvalue weighted by Gasteiger charge is 1.99. The molecule has 1 N–H and O–H groups in total. The second-order valence-corrected chi connectivity index (χ2v) is 6.79. The average molecular weight is 272 g/mol. The van der Waals surface area contributed by atoms with Crippen molar-refractivity contribution in [3.05, 3.63) is 29.8 Å². The van der Waals surface area contributed by atoms with Gasteiger partial charge in [-0.05, 0) is 25.5 Å². The van der Waals surface area contributed by atoms with E-state index in [1.54, 1.807) is 12.1 Å². The zero-order valence-electron chi connectivity index (χ0n) is 11.5. The number of hydrogen-bond acceptors (Lipinski definition) is 3. The summed E-state index contributed by atoms with van der Waals surface area (Å²) in [4.78, 5) is 0. The van der Waals surface area contributed by atoms with Crippen molar-refractivity contribution < 1.29 is 13.5 Å². The molecule has 0 fully saturated rings. The van der Waals surface area contributed by atoms with Crippen LogP contribution >= 0.6 is 0 Å². The van der Waals surface area contributed by atoms with Crippen LogP contribution in [0.2, 0.25) is 0 Å². The zero-order chi connectivity index (χ0) is 14.0. The Hall–Kier alpha value is -1.03. The Bertz CT molecular complexity index is 386. The molecule has 0 aromatic heterocycles. The Morgan fingerprint density at radius 2 is 1.61 bits per heavy atom. The van der Waals surface area contributed by atoms with E-state index in [2.05, 4.69) is 6.92 Å². The zero-order valence-corrected chi connectivity index (χ0v) is 12.3. The van der Waals surface area contributed by atoms with Crippen molar-refractivity contribution >= 4 is 9.84 Å². The molecule has 4 heteroatoms. The Labute approximate surface area is 111 Å². The van der Waals surface area contributed by atoms with Gasteiger partial charge in [0.15, 0.2) is 0 Å². The van der Waals surface area contributed by atoms with Gasteiger partial charge in [0.2, 0.25) is 0 Å². The number of aromatic hydroxyl groups is 1. The summed E-state index contributed by atoms with van der Waals surface area (Å²) >= 11 is 0. The largest absolute Gasteiger partial charge is 0.508 e. The van der Waals surface area contributed by atoms with Gasteiger partial charge in [0.05, 0.1) is 0 Å². The van der Waals surface area contributed by atoms with Gasteiger partial charge in [-0.15, -0.1) is 0 Å². The van der Waals surface area contributed by atoms with Crippen molar-refractivity contribution in [2.45, 2.75) is 39.5 Å². The first-order valence-electron chi connectivity index (χ1n) is 6.28. The van der Waals surface area contributed by atoms with Crippen molar-refractivity contribution in [2.24, 2.45) is 0 Å². The van der Waals surface area contributed by atoms with Crippen LogP contribution in [0.4, 0.5) is 0 Å². The first kappa shape index (κ1) is 17.0. The predicted octanol–water partition coefficient (Wildman–Crippen LogP) is 3.31. The normalized spacial score (nSPS) is 10.6. The Kier molecular flexibility index (Phi) is 8.46. The number of benzene rings is 1. The standard InChI is InChI=1S/C7H16O2S.C7H8O/c1-3-4-5-6-7-10(2,8)9;1-6-2-4-7(8)5-3-6/h3-7H2,1-2H3;2-5,8H,1H3. The highest BCUT2D eigenvalue weighted by atomic mass is 32.2. The number of rotatable bonds is 5. The third-order valence-corrected chi connectivity index (χ3v) is 3.43. The van der Waals surface area contributed by atoms with Crippen LogP contribution in [0, 0.1) is 6.92 Å². The number of sulfone groups is 1. The van der Waals surface area contributed by atoms with E-state index in [4.69, 9.17) is 5.11 Å². The summed E-state index contributed by atoms with van der Waals surface area (Å²) in [5.41, 5.74) is 1.17. The monoisotopic (exact) mass is 272 g/mol. The predicted molar refractivity (Wildman–Crippen MR) is 76.7 cm³/mol. The maximum Gasteiger partial charge on any atom is 0.147 e. The summed E-state index contributed by atoms with van der Waals surface area (Å²) in [6.07, 6.45) is 5.47. The van der Waals surface area contributed by atoms with Gasteiger partial charge in [-0.2, -0.15) is 0 Å². The number of hydrogen-bond donors (Lipinski definition) is 1. The fraction of sp³-hybridized carbons (Fsp3) is 0.571. The van der Waals surface area contributed by atoms with E-state index in [9.17, 15) is 8.42 Å². The molecule has 0 heterocycles. The SMILES string of the molecule is CCCCCCS(C)(=O)=O.Cc1ccc(O)cc1. The van der Waals surface area contributed by atoms with Crippen LogP contribution < -0.4 is 0 Å². The van der Waals surface area contributed by atoms with Gasteiger partial charge >= 0.3 is 0 Å². The molecule has 0 spiro atoms. The van der Waals surface area contributed by atoms with Crippen LogP contribution in [-0.4, -0.2) is 25.5 Å². The minimum Gasteiger partial charge on any atom is -0.508 e. The fourth-order valence-electron chi connectivity index (χ4n) is 1.34. The molecule has 0 aliphatic carbocycles. The summed E-state index contributed by atoms with van der Waals surface area (Å²) in [6, 6.07) is 7.09. The summed E-state index contributed by atoms with van der Waals surface area (Å²) in [5.74, 6) is 0.683. The quantitative estimate of drug-likeness (QED) is 0.837. The smallest absolute Gasteiger partial charge is 0.147 e. The molecule has 1 rings (SSSR count). The van der Waals surface area contributed by atoms with E-state index in [1.807, 2.05) is 19.1 Å². The maximum absolute atomic E-state index is 10.6. The Morgan fingerprint density at radius 3 is 2.00 bits per heavy atom. The Balaban J connectivity index is 0.000000327. The van der Waals surface area contributed by atoms with Crippen molar-refractivity contribution in [1.29, 1.82) is 0 Å². The van der Waals surface area contributed by atoms with Crippen LogP contribution in [0.15, 0.2) is 24.3 Å². The fourth-order valence-corrected chi connectivity index (χ4v) is 2.06. The number of phenolic OH excluding ortho intramolecular Hbond substituents is 1. The summed E-state index contributed by atoms with van der Waals surface area (Å²) in [5, 5.41) is 8.76. The van der Waals surface area contributed by atoms with Gasteiger partial charge in [-0.25, -0.2) is 8.42 Å². The lowest BCUT2D eigenvalue weighted by molar-refractivity contribution is 0.475. The molecule has 104 valence electrons. The van der Waals surface area contributed by atoms with E-state index >= 15 is 0 Å². The number of unbranched alkanes of at least 4 members (excludes halogenated alkanes) is 3. The first-order chi connectivity index (χ1) is 8.35. The molecule has 18 heavy (non-hydrogen) atoms. The third-order valence-electron chi connectivity index (χ3n) is 2.40. The second kappa shape index (κ2) is 8.97. The Morgan fingerprint density at radius 1 is 1.06 bits per heavy atom. The van der Waals surface area contributed by atoms with E-state index in [0.29, 0.717) is 11.5 Å². The molecule has 3 nitrogen and oxygen atoms in total. The minimum atomic E-state index is -2.70. The van der Waals surface area contributed by atoms with E-state index in [0.717, 1.165) is 25.7 Å². The summed E-state index contributed by atoms with van der Waals surface area (Å²) < 4.78 is 21.2. The molecule has 0 saturated heterocycles. The van der Waals surface area contributed by atoms with Gasteiger partial charge in [-0.1, -0.05) is 43.9 Å². The van der Waals surface area contributed by atoms with E-state index in [-0.39, 0.29) is 0 Å². The molecular formula is C14H24O3S. The van der Waals surface area contributed by atoms with Crippen molar-refractivity contribution in [3.63, 3.8) is 0 Å². The van der Waals surface area contributed by atoms with Crippen LogP contribution in [-0.2, 0) is 9.84 Å². The number of phenols is 1. The van der Waals surface area contributed by atoms with Crippen LogP contribution in [0.1, 0.15) is 38.2 Å². The molecule has 0 aliphatic heterocycles. The molecule has 0 atom stereocenters. The van der Waals surface area contributed by atoms with E-state index in [1.165, 1.54) is 11.8 Å². The highest BCUT2D eigenvalue weighted by Crippen LogP contribution is 2.07. The first-order valence-corrected chi connectivity index (χ1v) is 8.34. The third kappa shape index (κ3) is 11.5. The lowest BCUT2D eigenvalue weighted by Gasteiger charge is -1.96. The van der Waals surface area contributed by atoms with E-state index < -0.39 is 9.84 Å². The van der Waals surface area contributed by atoms with Crippen molar-refractivity contribution in [1.82, 2.24) is 0 Å². The number of aryl methyl sites for hydroxylation is 1. The van der Waals surface area contributed by atoms with Gasteiger partial charge in [0.1, 0.15) is 15.6 Å². The van der Waals surface area contributed by atoms with Crippen LogP contribution in [0.25, 0.3) is 0 Å². The molecule has 0 radical (unpaired) electrons. The molecule has 1 aromatic carbocycles. The lowest BCUT2D eigenvalue weighted by atomic mass is 10.2. The highest BCUT2D eigenvalue weighted by molar-refractivity contribution is 7.90. The van der Waals surface area contributed by atoms with Gasteiger partial charge in [-0.3, -0.25) is 0 Å². The minimum absolute atomic E-state index is 0.329. The molecule has 0 unspecified atom stereocenters. The van der Waals surface area contributed by atoms with Crippen LogP contribution in [0.5, 0.6) is 5.75 Å². The molecule has 0 amide bonds. The lowest BCUT2D eigenvalue weighted by Crippen LogP contribution is -2.02. The van der Waals surface area contributed by atoms with Gasteiger partial charge < -0.3 is 5.11 Å². The second-order valence-electron chi connectivity index (χ2n) is 4.53. The van der Waals surface area contributed by atoms with Gasteiger partial charge in [0, 0.05) is 12.0 Å². The molecular weight excluding hydrogens is 248 g/mol. The van der Waals surface area contributed by atoms with Crippen molar-refractivity contribution in [2.75, 3.05) is 12.0 Å². The van der Waals surface area contributed by atoms with Crippen molar-refractivity contribution in [3.8, 4) is 5.75 Å². The summed E-state index contributed by atoms with van der Waals surface area (Å²) in [7, 11) is -2.70. The van der Waals surface area contributed by atoms with Crippen LogP contribution in [0.3, 0.4) is 0 Å². The van der Waals surface area contributed by atoms with Gasteiger partial charge in [0.25, 0.3) is 0 Å². The molecule has 1 aromatic rings. The molecule has 0 saturated carbocycles. The summed E-state index contributed by atoms with van der Waals surface area (Å²) in [6.45, 7) is 4.10. The topological polar surface area (TPSA) is 54.4 Å². The average Bonchev–Trinajstić information content (AvgIpc) is 2.28.